The van der Waals surface area contributed by atoms with Crippen LogP contribution in [0.25, 0.3) is 0 Å². The molecule has 0 spiro atoms. The molecule has 2 N–H and O–H groups in total. The number of amides is 1. The quantitative estimate of drug-likeness (QED) is 0.556. The van der Waals surface area contributed by atoms with E-state index in [2.05, 4.69) is 17.2 Å². The molecule has 1 amide bonds. The number of hydrogen-bond acceptors (Lipinski definition) is 4. The number of aliphatic hydroxyl groups is 1. The van der Waals surface area contributed by atoms with E-state index >= 15 is 0 Å². The van der Waals surface area contributed by atoms with Gasteiger partial charge in [0, 0.05) is 19.2 Å². The zero-order valence-corrected chi connectivity index (χ0v) is 11.5. The molecule has 0 aliphatic carbocycles. The molecule has 0 aromatic heterocycles. The van der Waals surface area contributed by atoms with Crippen LogP contribution in [0.2, 0.25) is 0 Å². The third-order valence-corrected chi connectivity index (χ3v) is 2.39. The summed E-state index contributed by atoms with van der Waals surface area (Å²) in [7, 11) is 1.58. The van der Waals surface area contributed by atoms with Crippen molar-refractivity contribution in [2.24, 2.45) is 0 Å². The van der Waals surface area contributed by atoms with E-state index in [0.29, 0.717) is 19.8 Å². The van der Waals surface area contributed by atoms with Crippen LogP contribution in [0.4, 0.5) is 0 Å². The monoisotopic (exact) mass is 277 g/mol. The molecule has 20 heavy (non-hydrogen) atoms. The highest BCUT2D eigenvalue weighted by Gasteiger charge is 2.01. The van der Waals surface area contributed by atoms with Gasteiger partial charge >= 0.3 is 0 Å². The van der Waals surface area contributed by atoms with Crippen molar-refractivity contribution in [3.8, 4) is 11.8 Å². The smallest absolute Gasteiger partial charge is 0.246 e. The lowest BCUT2D eigenvalue weighted by molar-refractivity contribution is -0.126. The summed E-state index contributed by atoms with van der Waals surface area (Å²) in [5.41, 5.74) is 1.75. The molecule has 0 fully saturated rings. The fraction of sp³-hybridized carbons (Fsp3) is 0.400. The van der Waals surface area contributed by atoms with E-state index in [1.165, 1.54) is 0 Å². The largest absolute Gasteiger partial charge is 0.384 e. The van der Waals surface area contributed by atoms with Crippen molar-refractivity contribution in [1.29, 1.82) is 0 Å². The molecule has 5 heteroatoms. The molecule has 108 valence electrons. The summed E-state index contributed by atoms with van der Waals surface area (Å²) in [4.78, 5) is 11.5. The van der Waals surface area contributed by atoms with E-state index in [4.69, 9.17) is 14.6 Å². The van der Waals surface area contributed by atoms with E-state index in [9.17, 15) is 4.79 Å². The summed E-state index contributed by atoms with van der Waals surface area (Å²) in [5.74, 6) is 5.23. The van der Waals surface area contributed by atoms with Crippen LogP contribution >= 0.6 is 0 Å². The number of carbonyl (C=O) groups is 1. The Balaban J connectivity index is 2.35. The summed E-state index contributed by atoms with van der Waals surface area (Å²) in [6, 6.07) is 7.48. The number of hydrogen-bond donors (Lipinski definition) is 2. The molecule has 0 saturated carbocycles. The molecule has 1 aromatic rings. The SMILES string of the molecule is COCCOCC(=O)NCc1cccc(C#CCO)c1. The lowest BCUT2D eigenvalue weighted by Gasteiger charge is -2.06. The molecule has 1 aromatic carbocycles. The van der Waals surface area contributed by atoms with Gasteiger partial charge in [-0.1, -0.05) is 24.0 Å². The average molecular weight is 277 g/mol. The molecular weight excluding hydrogens is 258 g/mol. The topological polar surface area (TPSA) is 67.8 Å². The van der Waals surface area contributed by atoms with Crippen molar-refractivity contribution in [2.75, 3.05) is 33.5 Å². The molecule has 0 atom stereocenters. The van der Waals surface area contributed by atoms with Crippen molar-refractivity contribution in [3.63, 3.8) is 0 Å². The molecule has 0 aliphatic rings. The second kappa shape index (κ2) is 9.98. The van der Waals surface area contributed by atoms with E-state index in [1.54, 1.807) is 7.11 Å². The molecule has 0 saturated heterocycles. The fourth-order valence-electron chi connectivity index (χ4n) is 1.46. The Kier molecular flexibility index (Phi) is 8.08. The fourth-order valence-corrected chi connectivity index (χ4v) is 1.46. The van der Waals surface area contributed by atoms with Gasteiger partial charge in [-0.15, -0.1) is 0 Å². The van der Waals surface area contributed by atoms with Crippen molar-refractivity contribution >= 4 is 5.91 Å². The number of ether oxygens (including phenoxy) is 2. The summed E-state index contributed by atoms with van der Waals surface area (Å²) in [5, 5.41) is 11.4. The Labute approximate surface area is 118 Å². The van der Waals surface area contributed by atoms with Crippen molar-refractivity contribution in [3.05, 3.63) is 35.4 Å². The third kappa shape index (κ3) is 6.90. The lowest BCUT2D eigenvalue weighted by atomic mass is 10.1. The molecule has 0 heterocycles. The Morgan fingerprint density at radius 3 is 3.00 bits per heavy atom. The van der Waals surface area contributed by atoms with Gasteiger partial charge < -0.3 is 19.9 Å². The van der Waals surface area contributed by atoms with Gasteiger partial charge in [0.25, 0.3) is 0 Å². The van der Waals surface area contributed by atoms with E-state index in [1.807, 2.05) is 24.3 Å². The Hall–Kier alpha value is -1.87. The van der Waals surface area contributed by atoms with E-state index < -0.39 is 0 Å². The molecular formula is C15H19NO4. The minimum Gasteiger partial charge on any atom is -0.384 e. The summed E-state index contributed by atoms with van der Waals surface area (Å²) in [6.45, 7) is 1.14. The van der Waals surface area contributed by atoms with Gasteiger partial charge in [0.05, 0.1) is 13.2 Å². The van der Waals surface area contributed by atoms with Crippen LogP contribution in [0.3, 0.4) is 0 Å². The summed E-state index contributed by atoms with van der Waals surface area (Å²) < 4.78 is 9.92. The second-order valence-corrected chi connectivity index (χ2v) is 3.98. The Morgan fingerprint density at radius 2 is 2.25 bits per heavy atom. The number of benzene rings is 1. The zero-order valence-electron chi connectivity index (χ0n) is 11.5. The molecule has 0 radical (unpaired) electrons. The minimum absolute atomic E-state index is 0.0212. The molecule has 0 bridgehead atoms. The maximum atomic E-state index is 11.5. The van der Waals surface area contributed by atoms with Crippen LogP contribution in [0.5, 0.6) is 0 Å². The first kappa shape index (κ1) is 16.2. The van der Waals surface area contributed by atoms with Crippen LogP contribution in [0.15, 0.2) is 24.3 Å². The van der Waals surface area contributed by atoms with E-state index in [-0.39, 0.29) is 19.1 Å². The molecule has 5 nitrogen and oxygen atoms in total. The van der Waals surface area contributed by atoms with Crippen molar-refractivity contribution in [2.45, 2.75) is 6.54 Å². The van der Waals surface area contributed by atoms with Crippen LogP contribution < -0.4 is 5.32 Å². The Bertz CT molecular complexity index is 476. The maximum Gasteiger partial charge on any atom is 0.246 e. The number of nitrogens with one attached hydrogen (secondary N) is 1. The van der Waals surface area contributed by atoms with Gasteiger partial charge in [0.1, 0.15) is 13.2 Å². The van der Waals surface area contributed by atoms with Crippen molar-refractivity contribution in [1.82, 2.24) is 5.32 Å². The first-order valence-corrected chi connectivity index (χ1v) is 6.28. The highest BCUT2D eigenvalue weighted by molar-refractivity contribution is 5.77. The molecule has 0 unspecified atom stereocenters. The zero-order chi connectivity index (χ0) is 14.6. The van der Waals surface area contributed by atoms with Gasteiger partial charge in [0.15, 0.2) is 0 Å². The second-order valence-electron chi connectivity index (χ2n) is 3.98. The summed E-state index contributed by atoms with van der Waals surface area (Å²) >= 11 is 0. The van der Waals surface area contributed by atoms with E-state index in [0.717, 1.165) is 11.1 Å². The van der Waals surface area contributed by atoms with Gasteiger partial charge in [0.2, 0.25) is 5.91 Å². The summed E-state index contributed by atoms with van der Waals surface area (Å²) in [6.07, 6.45) is 0. The normalized spacial score (nSPS) is 9.70. The van der Waals surface area contributed by atoms with Crippen LogP contribution in [0, 0.1) is 11.8 Å². The van der Waals surface area contributed by atoms with Crippen LogP contribution in [0.1, 0.15) is 11.1 Å². The molecule has 1 rings (SSSR count). The predicted molar refractivity (Wildman–Crippen MR) is 74.9 cm³/mol. The number of carbonyl (C=O) groups excluding carboxylic acids is 1. The first-order valence-electron chi connectivity index (χ1n) is 6.28. The molecule has 0 aliphatic heterocycles. The van der Waals surface area contributed by atoms with Gasteiger partial charge in [-0.3, -0.25) is 4.79 Å². The standard InChI is InChI=1S/C15H19NO4/c1-19-8-9-20-12-15(18)16-11-14-5-2-4-13(10-14)6-3-7-17/h2,4-5,10,17H,7-9,11-12H2,1H3,(H,16,18). The third-order valence-electron chi connectivity index (χ3n) is 2.39. The predicted octanol–water partition coefficient (Wildman–Crippen LogP) is 0.310. The van der Waals surface area contributed by atoms with Gasteiger partial charge in [-0.25, -0.2) is 0 Å². The number of aliphatic hydroxyl groups excluding tert-OH is 1. The Morgan fingerprint density at radius 1 is 1.40 bits per heavy atom. The lowest BCUT2D eigenvalue weighted by Crippen LogP contribution is -2.27. The minimum atomic E-state index is -0.173. The van der Waals surface area contributed by atoms with Crippen LogP contribution in [-0.4, -0.2) is 44.6 Å². The number of rotatable bonds is 7. The van der Waals surface area contributed by atoms with Crippen LogP contribution in [-0.2, 0) is 20.8 Å². The maximum absolute atomic E-state index is 11.5. The highest BCUT2D eigenvalue weighted by atomic mass is 16.5. The average Bonchev–Trinajstić information content (AvgIpc) is 2.48. The first-order chi connectivity index (χ1) is 9.76. The van der Waals surface area contributed by atoms with Gasteiger partial charge in [-0.2, -0.15) is 0 Å². The van der Waals surface area contributed by atoms with Gasteiger partial charge in [-0.05, 0) is 17.7 Å². The highest BCUT2D eigenvalue weighted by Crippen LogP contribution is 2.03. The van der Waals surface area contributed by atoms with Crippen molar-refractivity contribution < 1.29 is 19.4 Å². The number of methoxy groups -OCH3 is 1.